The molecule has 37 heavy (non-hydrogen) atoms. The first-order valence-electron chi connectivity index (χ1n) is 11.2. The summed E-state index contributed by atoms with van der Waals surface area (Å²) in [6.45, 7) is 0. The lowest BCUT2D eigenvalue weighted by Gasteiger charge is -2.14. The average Bonchev–Trinajstić information content (AvgIpc) is 3.57. The van der Waals surface area contributed by atoms with E-state index in [9.17, 15) is 14.4 Å². The fraction of sp³-hybridized carbons (Fsp3) is 0.0769. The van der Waals surface area contributed by atoms with Gasteiger partial charge in [0.05, 0.1) is 43.7 Å². The number of benzene rings is 1. The summed E-state index contributed by atoms with van der Waals surface area (Å²) in [7, 11) is 0. The number of halogens is 1. The van der Waals surface area contributed by atoms with E-state index < -0.39 is 0 Å². The second-order valence-corrected chi connectivity index (χ2v) is 9.70. The molecule has 0 unspecified atom stereocenters. The van der Waals surface area contributed by atoms with Crippen LogP contribution >= 0.6 is 22.9 Å². The number of amides is 1. The molecule has 0 saturated heterocycles. The molecule has 1 N–H and O–H groups in total. The SMILES string of the molecule is O=C(Nc1cc(-n2ccccc2=O)ccc1-n1cc(CCC(=O)c2ccc(Cl)s2)nn1)c1cccnc1. The van der Waals surface area contributed by atoms with Gasteiger partial charge in [0, 0.05) is 37.5 Å². The highest BCUT2D eigenvalue weighted by molar-refractivity contribution is 7.18. The highest BCUT2D eigenvalue weighted by Crippen LogP contribution is 2.25. The number of aryl methyl sites for hydroxylation is 1. The third-order valence-electron chi connectivity index (χ3n) is 5.50. The normalized spacial score (nSPS) is 10.8. The van der Waals surface area contributed by atoms with Crippen LogP contribution in [-0.2, 0) is 6.42 Å². The fourth-order valence-electron chi connectivity index (χ4n) is 3.67. The third kappa shape index (κ3) is 5.55. The second-order valence-electron chi connectivity index (χ2n) is 7.99. The average molecular weight is 531 g/mol. The fourth-order valence-corrected chi connectivity index (χ4v) is 4.68. The topological polar surface area (TPSA) is 112 Å². The van der Waals surface area contributed by atoms with Crippen LogP contribution < -0.4 is 10.9 Å². The van der Waals surface area contributed by atoms with E-state index in [-0.39, 0.29) is 23.7 Å². The van der Waals surface area contributed by atoms with Gasteiger partial charge in [0.15, 0.2) is 5.78 Å². The van der Waals surface area contributed by atoms with Gasteiger partial charge in [-0.05, 0) is 48.5 Å². The van der Waals surface area contributed by atoms with E-state index in [2.05, 4.69) is 20.6 Å². The molecule has 4 aromatic heterocycles. The van der Waals surface area contributed by atoms with Crippen LogP contribution in [0, 0.1) is 0 Å². The van der Waals surface area contributed by atoms with Crippen LogP contribution in [-0.4, -0.2) is 36.2 Å². The predicted molar refractivity (Wildman–Crippen MR) is 141 cm³/mol. The van der Waals surface area contributed by atoms with Crippen molar-refractivity contribution in [1.29, 1.82) is 0 Å². The maximum atomic E-state index is 12.9. The minimum absolute atomic E-state index is 0.0199. The first-order valence-corrected chi connectivity index (χ1v) is 12.4. The Morgan fingerprint density at radius 2 is 1.95 bits per heavy atom. The van der Waals surface area contributed by atoms with Crippen LogP contribution in [0.2, 0.25) is 4.34 Å². The lowest BCUT2D eigenvalue weighted by Crippen LogP contribution is -2.18. The molecule has 5 rings (SSSR count). The summed E-state index contributed by atoms with van der Waals surface area (Å²) in [6.07, 6.45) is 7.05. The van der Waals surface area contributed by atoms with E-state index in [4.69, 9.17) is 11.6 Å². The second kappa shape index (κ2) is 10.7. The van der Waals surface area contributed by atoms with E-state index in [1.807, 2.05) is 0 Å². The number of carbonyl (C=O) groups is 2. The molecular formula is C26H19ClN6O3S. The number of anilines is 1. The van der Waals surface area contributed by atoms with Crippen molar-refractivity contribution in [2.75, 3.05) is 5.32 Å². The number of hydrogen-bond acceptors (Lipinski definition) is 7. The largest absolute Gasteiger partial charge is 0.320 e. The van der Waals surface area contributed by atoms with Crippen LogP contribution in [0.3, 0.4) is 0 Å². The Balaban J connectivity index is 1.44. The van der Waals surface area contributed by atoms with Gasteiger partial charge in [-0.3, -0.25) is 23.9 Å². The van der Waals surface area contributed by atoms with Gasteiger partial charge >= 0.3 is 0 Å². The maximum Gasteiger partial charge on any atom is 0.257 e. The van der Waals surface area contributed by atoms with E-state index in [0.717, 1.165) is 0 Å². The van der Waals surface area contributed by atoms with E-state index in [1.54, 1.807) is 73.2 Å². The highest BCUT2D eigenvalue weighted by Gasteiger charge is 2.15. The Bertz CT molecular complexity index is 1640. The Hall–Kier alpha value is -4.41. The summed E-state index contributed by atoms with van der Waals surface area (Å²) in [6, 6.07) is 16.8. The summed E-state index contributed by atoms with van der Waals surface area (Å²) in [5.41, 5.74) is 2.31. The smallest absolute Gasteiger partial charge is 0.257 e. The first kappa shape index (κ1) is 24.3. The van der Waals surface area contributed by atoms with E-state index in [0.29, 0.717) is 44.0 Å². The number of thiophene rings is 1. The molecule has 0 atom stereocenters. The standard InChI is InChI=1S/C26H19ClN6O3S/c27-24-11-10-23(37-24)22(34)9-6-18-16-33(31-30-18)21-8-7-19(32-13-2-1-5-25(32)35)14-20(21)29-26(36)17-4-3-12-28-15-17/h1-5,7-8,10-16H,6,9H2,(H,29,36). The summed E-state index contributed by atoms with van der Waals surface area (Å²) in [5.74, 6) is -0.388. The number of rotatable bonds is 8. The molecule has 0 bridgehead atoms. The van der Waals surface area contributed by atoms with Crippen molar-refractivity contribution < 1.29 is 9.59 Å². The maximum absolute atomic E-state index is 12.9. The number of carbonyl (C=O) groups excluding carboxylic acids is 2. The minimum atomic E-state index is -0.368. The molecule has 0 aliphatic heterocycles. The summed E-state index contributed by atoms with van der Waals surface area (Å²) >= 11 is 7.17. The molecule has 0 fully saturated rings. The molecule has 0 spiro atoms. The zero-order chi connectivity index (χ0) is 25.8. The zero-order valence-electron chi connectivity index (χ0n) is 19.2. The number of Topliss-reactive ketones (excluding diaryl/α,β-unsaturated/α-hetero) is 1. The van der Waals surface area contributed by atoms with Crippen molar-refractivity contribution in [3.63, 3.8) is 0 Å². The Morgan fingerprint density at radius 3 is 2.70 bits per heavy atom. The number of aromatic nitrogens is 5. The summed E-state index contributed by atoms with van der Waals surface area (Å²) in [4.78, 5) is 42.3. The van der Waals surface area contributed by atoms with Crippen LogP contribution in [0.4, 0.5) is 5.69 Å². The molecule has 184 valence electrons. The van der Waals surface area contributed by atoms with Crippen molar-refractivity contribution >= 4 is 40.3 Å². The molecule has 1 amide bonds. The number of hydrogen-bond donors (Lipinski definition) is 1. The van der Waals surface area contributed by atoms with Crippen LogP contribution in [0.15, 0.2) is 90.2 Å². The van der Waals surface area contributed by atoms with Gasteiger partial charge in [-0.2, -0.15) is 0 Å². The van der Waals surface area contributed by atoms with Gasteiger partial charge in [0.1, 0.15) is 0 Å². The Kier molecular flexibility index (Phi) is 7.02. The van der Waals surface area contributed by atoms with Crippen molar-refractivity contribution in [2.24, 2.45) is 0 Å². The van der Waals surface area contributed by atoms with Gasteiger partial charge in [-0.15, -0.1) is 16.4 Å². The molecule has 0 aliphatic carbocycles. The van der Waals surface area contributed by atoms with Gasteiger partial charge in [0.2, 0.25) is 0 Å². The highest BCUT2D eigenvalue weighted by atomic mass is 35.5. The van der Waals surface area contributed by atoms with Gasteiger partial charge < -0.3 is 5.32 Å². The monoisotopic (exact) mass is 530 g/mol. The lowest BCUT2D eigenvalue weighted by atomic mass is 10.1. The number of ketones is 1. The number of nitrogens with zero attached hydrogens (tertiary/aromatic N) is 5. The quantitative estimate of drug-likeness (QED) is 0.293. The van der Waals surface area contributed by atoms with Crippen LogP contribution in [0.5, 0.6) is 0 Å². The molecule has 9 nitrogen and oxygen atoms in total. The molecule has 0 radical (unpaired) electrons. The molecule has 11 heteroatoms. The predicted octanol–water partition coefficient (Wildman–Crippen LogP) is 4.60. The molecule has 4 heterocycles. The number of nitrogens with one attached hydrogen (secondary N) is 1. The minimum Gasteiger partial charge on any atom is -0.320 e. The Morgan fingerprint density at radius 1 is 1.05 bits per heavy atom. The van der Waals surface area contributed by atoms with Crippen molar-refractivity contribution in [2.45, 2.75) is 12.8 Å². The third-order valence-corrected chi connectivity index (χ3v) is 6.77. The lowest BCUT2D eigenvalue weighted by molar-refractivity contribution is 0.0984. The van der Waals surface area contributed by atoms with E-state index >= 15 is 0 Å². The molecule has 1 aromatic carbocycles. The van der Waals surface area contributed by atoms with Gasteiger partial charge in [-0.25, -0.2) is 4.68 Å². The van der Waals surface area contributed by atoms with Crippen molar-refractivity contribution in [3.05, 3.63) is 116 Å². The molecule has 0 aliphatic rings. The van der Waals surface area contributed by atoms with Crippen LogP contribution in [0.1, 0.15) is 32.1 Å². The molecule has 5 aromatic rings. The Labute approximate surface area is 220 Å². The summed E-state index contributed by atoms with van der Waals surface area (Å²) in [5, 5.41) is 11.3. The van der Waals surface area contributed by atoms with Gasteiger partial charge in [0.25, 0.3) is 11.5 Å². The van der Waals surface area contributed by atoms with Gasteiger partial charge in [-0.1, -0.05) is 22.9 Å². The van der Waals surface area contributed by atoms with Crippen molar-refractivity contribution in [3.8, 4) is 11.4 Å². The first-order chi connectivity index (χ1) is 18.0. The van der Waals surface area contributed by atoms with E-state index in [1.165, 1.54) is 32.8 Å². The molecule has 0 saturated carbocycles. The zero-order valence-corrected chi connectivity index (χ0v) is 20.8. The molecular weight excluding hydrogens is 512 g/mol. The summed E-state index contributed by atoms with van der Waals surface area (Å²) < 4.78 is 3.56. The van der Waals surface area contributed by atoms with Crippen molar-refractivity contribution in [1.82, 2.24) is 24.5 Å². The van der Waals surface area contributed by atoms with Crippen LogP contribution in [0.25, 0.3) is 11.4 Å². The number of pyridine rings is 2.